The van der Waals surface area contributed by atoms with Crippen LogP contribution in [0, 0.1) is 13.8 Å². The highest BCUT2D eigenvalue weighted by Gasteiger charge is 2.31. The number of nitrogens with zero attached hydrogens (tertiary/aromatic N) is 5. The molecule has 0 unspecified atom stereocenters. The first kappa shape index (κ1) is 26.1. The van der Waals surface area contributed by atoms with Crippen LogP contribution in [0.2, 0.25) is 0 Å². The molecule has 2 aromatic carbocycles. The lowest BCUT2D eigenvalue weighted by Gasteiger charge is -2.11. The highest BCUT2D eigenvalue weighted by Crippen LogP contribution is 2.26. The molecule has 37 heavy (non-hydrogen) atoms. The van der Waals surface area contributed by atoms with Crippen molar-refractivity contribution >= 4 is 17.7 Å². The molecule has 2 aromatic heterocycles. The fourth-order valence-electron chi connectivity index (χ4n) is 3.54. The van der Waals surface area contributed by atoms with Crippen LogP contribution in [0.3, 0.4) is 0 Å². The molecular weight excluding hydrogens is 505 g/mol. The average Bonchev–Trinajstić information content (AvgIpc) is 3.26. The number of benzene rings is 2. The molecule has 0 saturated heterocycles. The van der Waals surface area contributed by atoms with Gasteiger partial charge in [0.05, 0.1) is 11.4 Å². The molecule has 0 fully saturated rings. The fourth-order valence-corrected chi connectivity index (χ4v) is 4.49. The summed E-state index contributed by atoms with van der Waals surface area (Å²) in [6, 6.07) is 16.7. The van der Waals surface area contributed by atoms with E-state index < -0.39 is 12.3 Å². The zero-order valence-electron chi connectivity index (χ0n) is 20.0. The molecule has 1 amide bonds. The predicted molar refractivity (Wildman–Crippen MR) is 132 cm³/mol. The molecule has 4 rings (SSSR count). The normalized spacial score (nSPS) is 11.4. The smallest absolute Gasteiger partial charge is 0.406 e. The standard InChI is InChI=1S/C25H23F3N6O2S/c1-16-14-17(2)31-24(30-16)37-15-21-22(23(35)29-13-12-18-6-4-3-5-7-18)32-33-34(21)19-8-10-20(11-9-19)36-25(26,27)28/h3-11,14H,12-13,15H2,1-2H3,(H,29,35). The number of amides is 1. The van der Waals surface area contributed by atoms with Gasteiger partial charge in [0.15, 0.2) is 10.9 Å². The monoisotopic (exact) mass is 528 g/mol. The van der Waals surface area contributed by atoms with Crippen LogP contribution in [-0.2, 0) is 12.2 Å². The predicted octanol–water partition coefficient (Wildman–Crippen LogP) is 4.84. The Morgan fingerprint density at radius 1 is 1.03 bits per heavy atom. The zero-order chi connectivity index (χ0) is 26.4. The maximum Gasteiger partial charge on any atom is 0.573 e. The third-order valence-corrected chi connectivity index (χ3v) is 5.99. The minimum atomic E-state index is -4.80. The van der Waals surface area contributed by atoms with Gasteiger partial charge in [0.2, 0.25) is 0 Å². The third kappa shape index (κ3) is 7.29. The van der Waals surface area contributed by atoms with Crippen LogP contribution < -0.4 is 10.1 Å². The van der Waals surface area contributed by atoms with Crippen LogP contribution in [0.5, 0.6) is 5.75 Å². The van der Waals surface area contributed by atoms with Gasteiger partial charge in [-0.05, 0) is 56.2 Å². The molecule has 0 bridgehead atoms. The van der Waals surface area contributed by atoms with Gasteiger partial charge in [0.25, 0.3) is 5.91 Å². The molecule has 0 aliphatic rings. The summed E-state index contributed by atoms with van der Waals surface area (Å²) >= 11 is 1.30. The van der Waals surface area contributed by atoms with E-state index in [9.17, 15) is 18.0 Å². The van der Waals surface area contributed by atoms with Gasteiger partial charge in [-0.2, -0.15) is 0 Å². The zero-order valence-corrected chi connectivity index (χ0v) is 20.8. The minimum Gasteiger partial charge on any atom is -0.406 e. The molecule has 0 saturated carbocycles. The second kappa shape index (κ2) is 11.4. The van der Waals surface area contributed by atoms with Gasteiger partial charge < -0.3 is 10.1 Å². The number of ether oxygens (including phenoxy) is 1. The Morgan fingerprint density at radius 3 is 2.35 bits per heavy atom. The lowest BCUT2D eigenvalue weighted by molar-refractivity contribution is -0.274. The number of hydrogen-bond acceptors (Lipinski definition) is 7. The number of thioether (sulfide) groups is 1. The highest BCUT2D eigenvalue weighted by atomic mass is 32.2. The maximum atomic E-state index is 13.0. The number of rotatable bonds is 9. The molecule has 0 aliphatic heterocycles. The Labute approximate surface area is 215 Å². The third-order valence-electron chi connectivity index (χ3n) is 5.13. The second-order valence-electron chi connectivity index (χ2n) is 8.05. The van der Waals surface area contributed by atoms with Gasteiger partial charge in [0.1, 0.15) is 5.75 Å². The molecule has 0 aliphatic carbocycles. The molecular formula is C25H23F3N6O2S. The largest absolute Gasteiger partial charge is 0.573 e. The van der Waals surface area contributed by atoms with E-state index in [1.807, 2.05) is 50.2 Å². The van der Waals surface area contributed by atoms with Crippen LogP contribution in [0.1, 0.15) is 33.1 Å². The van der Waals surface area contributed by atoms with E-state index in [2.05, 4.69) is 30.3 Å². The van der Waals surface area contributed by atoms with Crippen molar-refractivity contribution in [3.05, 3.63) is 89.0 Å². The Bertz CT molecular complexity index is 1340. The summed E-state index contributed by atoms with van der Waals surface area (Å²) < 4.78 is 43.0. The Balaban J connectivity index is 1.57. The van der Waals surface area contributed by atoms with Crippen molar-refractivity contribution in [2.75, 3.05) is 6.54 Å². The van der Waals surface area contributed by atoms with Crippen molar-refractivity contribution in [1.82, 2.24) is 30.3 Å². The molecule has 4 aromatic rings. The van der Waals surface area contributed by atoms with E-state index >= 15 is 0 Å². The average molecular weight is 529 g/mol. The van der Waals surface area contributed by atoms with E-state index in [4.69, 9.17) is 0 Å². The van der Waals surface area contributed by atoms with Gasteiger partial charge in [-0.1, -0.05) is 47.3 Å². The quantitative estimate of drug-likeness (QED) is 0.245. The van der Waals surface area contributed by atoms with E-state index in [1.165, 1.54) is 40.7 Å². The van der Waals surface area contributed by atoms with Crippen molar-refractivity contribution in [3.8, 4) is 11.4 Å². The number of nitrogens with one attached hydrogen (secondary N) is 1. The van der Waals surface area contributed by atoms with Crippen molar-refractivity contribution in [2.24, 2.45) is 0 Å². The van der Waals surface area contributed by atoms with Crippen LogP contribution >= 0.6 is 11.8 Å². The lowest BCUT2D eigenvalue weighted by Crippen LogP contribution is -2.27. The highest BCUT2D eigenvalue weighted by molar-refractivity contribution is 7.98. The Kier molecular flexibility index (Phi) is 8.07. The first-order chi connectivity index (χ1) is 17.7. The number of halogens is 3. The van der Waals surface area contributed by atoms with Crippen molar-refractivity contribution in [2.45, 2.75) is 37.5 Å². The number of carbonyl (C=O) groups is 1. The number of carbonyl (C=O) groups excluding carboxylic acids is 1. The topological polar surface area (TPSA) is 94.8 Å². The molecule has 12 heteroatoms. The van der Waals surface area contributed by atoms with E-state index in [1.54, 1.807) is 0 Å². The van der Waals surface area contributed by atoms with Crippen molar-refractivity contribution in [3.63, 3.8) is 0 Å². The summed E-state index contributed by atoms with van der Waals surface area (Å²) in [5, 5.41) is 11.6. The first-order valence-corrected chi connectivity index (χ1v) is 12.2. The summed E-state index contributed by atoms with van der Waals surface area (Å²) in [7, 11) is 0. The van der Waals surface area contributed by atoms with Crippen LogP contribution in [0.4, 0.5) is 13.2 Å². The molecule has 0 radical (unpaired) electrons. The van der Waals surface area contributed by atoms with Crippen LogP contribution in [0.15, 0.2) is 65.8 Å². The summed E-state index contributed by atoms with van der Waals surface area (Å²) in [6.45, 7) is 4.12. The lowest BCUT2D eigenvalue weighted by atomic mass is 10.1. The van der Waals surface area contributed by atoms with Gasteiger partial charge in [-0.25, -0.2) is 14.6 Å². The number of aromatic nitrogens is 5. The van der Waals surface area contributed by atoms with Crippen LogP contribution in [-0.4, -0.2) is 43.8 Å². The minimum absolute atomic E-state index is 0.112. The summed E-state index contributed by atoms with van der Waals surface area (Å²) in [5.41, 5.74) is 3.68. The molecule has 0 atom stereocenters. The summed E-state index contributed by atoms with van der Waals surface area (Å²) in [6.07, 6.45) is -4.16. The summed E-state index contributed by atoms with van der Waals surface area (Å²) in [5.74, 6) is -0.524. The fraction of sp³-hybridized carbons (Fsp3) is 0.240. The van der Waals surface area contributed by atoms with Crippen LogP contribution in [0.25, 0.3) is 5.69 Å². The number of alkyl halides is 3. The van der Waals surface area contributed by atoms with E-state index in [0.717, 1.165) is 17.0 Å². The van der Waals surface area contributed by atoms with E-state index in [-0.39, 0.29) is 17.2 Å². The SMILES string of the molecule is Cc1cc(C)nc(SCc2c(C(=O)NCCc3ccccc3)nnn2-c2ccc(OC(F)(F)F)cc2)n1. The molecule has 1 N–H and O–H groups in total. The molecule has 0 spiro atoms. The Hall–Kier alpha value is -3.93. The molecule has 192 valence electrons. The van der Waals surface area contributed by atoms with Crippen molar-refractivity contribution in [1.29, 1.82) is 0 Å². The first-order valence-electron chi connectivity index (χ1n) is 11.3. The van der Waals surface area contributed by atoms with Gasteiger partial charge in [-0.15, -0.1) is 18.3 Å². The van der Waals surface area contributed by atoms with E-state index in [0.29, 0.717) is 29.5 Å². The second-order valence-corrected chi connectivity index (χ2v) is 8.99. The Morgan fingerprint density at radius 2 is 1.70 bits per heavy atom. The van der Waals surface area contributed by atoms with Crippen molar-refractivity contribution < 1.29 is 22.7 Å². The van der Waals surface area contributed by atoms with Gasteiger partial charge in [-0.3, -0.25) is 4.79 Å². The van der Waals surface area contributed by atoms with Gasteiger partial charge >= 0.3 is 6.36 Å². The summed E-state index contributed by atoms with van der Waals surface area (Å²) in [4.78, 5) is 21.9. The number of hydrogen-bond donors (Lipinski definition) is 1. The number of aryl methyl sites for hydroxylation is 2. The molecule has 8 nitrogen and oxygen atoms in total. The van der Waals surface area contributed by atoms with Gasteiger partial charge in [0, 0.05) is 23.7 Å². The molecule has 2 heterocycles. The maximum absolute atomic E-state index is 13.0.